The van der Waals surface area contributed by atoms with Gasteiger partial charge in [0.15, 0.2) is 0 Å². The number of nitrogens with one attached hydrogen (secondary N) is 1. The maximum Gasteiger partial charge on any atom is 0.137 e. The quantitative estimate of drug-likeness (QED) is 0.808. The molecule has 0 aliphatic carbocycles. The fraction of sp³-hybridized carbons (Fsp3) is 0.600. The van der Waals surface area contributed by atoms with Gasteiger partial charge in [-0.1, -0.05) is 25.1 Å². The summed E-state index contributed by atoms with van der Waals surface area (Å²) in [6.45, 7) is 5.88. The van der Waals surface area contributed by atoms with Crippen molar-refractivity contribution in [1.29, 1.82) is 0 Å². The number of likely N-dealkylation sites (tertiary alicyclic amines) is 1. The highest BCUT2D eigenvalue weighted by Gasteiger charge is 2.21. The second-order valence-electron chi connectivity index (χ2n) is 5.41. The lowest BCUT2D eigenvalue weighted by Crippen LogP contribution is -3.14. The van der Waals surface area contributed by atoms with Gasteiger partial charge in [-0.25, -0.2) is 0 Å². The number of rotatable bonds is 5. The normalized spacial score (nSPS) is 25.7. The van der Waals surface area contributed by atoms with E-state index in [1.54, 1.807) is 0 Å². The molecule has 0 spiro atoms. The van der Waals surface area contributed by atoms with E-state index in [1.165, 1.54) is 30.8 Å². The number of aliphatic hydroxyl groups excluding tert-OH is 1. The van der Waals surface area contributed by atoms with Crippen LogP contribution < -0.4 is 9.64 Å². The minimum atomic E-state index is -0.367. The SMILES string of the molecule is CC1CC[NH+](C[C@H](O)COc2ccccc2)CC1. The molecular formula is C15H24NO2+. The third-order valence-corrected chi connectivity index (χ3v) is 3.69. The monoisotopic (exact) mass is 250 g/mol. The van der Waals surface area contributed by atoms with Crippen molar-refractivity contribution < 1.29 is 14.7 Å². The molecule has 1 aliphatic heterocycles. The zero-order valence-electron chi connectivity index (χ0n) is 11.1. The van der Waals surface area contributed by atoms with Crippen molar-refractivity contribution >= 4 is 0 Å². The maximum atomic E-state index is 9.98. The molecule has 2 N–H and O–H groups in total. The highest BCUT2D eigenvalue weighted by molar-refractivity contribution is 5.20. The first-order valence-corrected chi connectivity index (χ1v) is 6.93. The Morgan fingerprint density at radius 3 is 2.61 bits per heavy atom. The van der Waals surface area contributed by atoms with Crippen LogP contribution in [-0.4, -0.2) is 37.5 Å². The van der Waals surface area contributed by atoms with Gasteiger partial charge in [-0.3, -0.25) is 0 Å². The second-order valence-corrected chi connectivity index (χ2v) is 5.41. The molecule has 0 aromatic heterocycles. The van der Waals surface area contributed by atoms with Crippen LogP contribution in [0.2, 0.25) is 0 Å². The summed E-state index contributed by atoms with van der Waals surface area (Å²) in [5.41, 5.74) is 0. The molecule has 3 nitrogen and oxygen atoms in total. The second kappa shape index (κ2) is 6.76. The highest BCUT2D eigenvalue weighted by atomic mass is 16.5. The molecule has 100 valence electrons. The fourth-order valence-corrected chi connectivity index (χ4v) is 2.48. The van der Waals surface area contributed by atoms with E-state index < -0.39 is 0 Å². The minimum absolute atomic E-state index is 0.367. The van der Waals surface area contributed by atoms with E-state index in [0.29, 0.717) is 6.61 Å². The van der Waals surface area contributed by atoms with Gasteiger partial charge in [0.25, 0.3) is 0 Å². The van der Waals surface area contributed by atoms with Crippen molar-refractivity contribution in [2.45, 2.75) is 25.9 Å². The first kappa shape index (κ1) is 13.4. The average molecular weight is 250 g/mol. The predicted octanol–water partition coefficient (Wildman–Crippen LogP) is 0.741. The van der Waals surface area contributed by atoms with E-state index in [2.05, 4.69) is 6.92 Å². The summed E-state index contributed by atoms with van der Waals surface area (Å²) in [7, 11) is 0. The number of aliphatic hydroxyl groups is 1. The van der Waals surface area contributed by atoms with E-state index in [-0.39, 0.29) is 6.10 Å². The van der Waals surface area contributed by atoms with Crippen LogP contribution in [0, 0.1) is 5.92 Å². The molecule has 3 heteroatoms. The fourth-order valence-electron chi connectivity index (χ4n) is 2.48. The summed E-state index contributed by atoms with van der Waals surface area (Å²) in [6, 6.07) is 9.69. The average Bonchev–Trinajstić information content (AvgIpc) is 2.40. The van der Waals surface area contributed by atoms with Crippen molar-refractivity contribution in [3.63, 3.8) is 0 Å². The van der Waals surface area contributed by atoms with Gasteiger partial charge in [0.1, 0.15) is 25.0 Å². The Kier molecular flexibility index (Phi) is 5.02. The molecule has 1 saturated heterocycles. The summed E-state index contributed by atoms with van der Waals surface area (Å²) in [4.78, 5) is 1.51. The van der Waals surface area contributed by atoms with Crippen LogP contribution in [0.15, 0.2) is 30.3 Å². The molecule has 1 atom stereocenters. The van der Waals surface area contributed by atoms with E-state index in [0.717, 1.165) is 18.2 Å². The van der Waals surface area contributed by atoms with Crippen LogP contribution in [0.5, 0.6) is 5.75 Å². The minimum Gasteiger partial charge on any atom is -0.491 e. The van der Waals surface area contributed by atoms with Gasteiger partial charge >= 0.3 is 0 Å². The Bertz CT molecular complexity index is 334. The van der Waals surface area contributed by atoms with Crippen LogP contribution in [0.3, 0.4) is 0 Å². The van der Waals surface area contributed by atoms with Crippen LogP contribution in [0.1, 0.15) is 19.8 Å². The Labute approximate surface area is 109 Å². The Hall–Kier alpha value is -1.06. The summed E-state index contributed by atoms with van der Waals surface area (Å²) < 4.78 is 5.57. The summed E-state index contributed by atoms with van der Waals surface area (Å²) >= 11 is 0. The first-order valence-electron chi connectivity index (χ1n) is 6.93. The van der Waals surface area contributed by atoms with Crippen LogP contribution in [-0.2, 0) is 0 Å². The lowest BCUT2D eigenvalue weighted by molar-refractivity contribution is -0.909. The van der Waals surface area contributed by atoms with Gasteiger partial charge < -0.3 is 14.7 Å². The Balaban J connectivity index is 1.67. The summed E-state index contributed by atoms with van der Waals surface area (Å²) in [5, 5.41) is 9.98. The Morgan fingerprint density at radius 2 is 1.94 bits per heavy atom. The lowest BCUT2D eigenvalue weighted by Gasteiger charge is -2.28. The summed E-state index contributed by atoms with van der Waals surface area (Å²) in [5.74, 6) is 1.69. The van der Waals surface area contributed by atoms with Gasteiger partial charge in [-0.05, 0) is 30.9 Å². The van der Waals surface area contributed by atoms with E-state index >= 15 is 0 Å². The third kappa shape index (κ3) is 4.31. The van der Waals surface area contributed by atoms with Crippen molar-refractivity contribution in [1.82, 2.24) is 0 Å². The van der Waals surface area contributed by atoms with Gasteiger partial charge in [0.2, 0.25) is 0 Å². The predicted molar refractivity (Wildman–Crippen MR) is 71.9 cm³/mol. The van der Waals surface area contributed by atoms with Crippen LogP contribution in [0.4, 0.5) is 0 Å². The zero-order valence-corrected chi connectivity index (χ0v) is 11.1. The van der Waals surface area contributed by atoms with Crippen LogP contribution >= 0.6 is 0 Å². The number of ether oxygens (including phenoxy) is 1. The Morgan fingerprint density at radius 1 is 1.28 bits per heavy atom. The number of benzene rings is 1. The molecule has 1 aromatic rings. The molecule has 0 saturated carbocycles. The molecule has 0 bridgehead atoms. The maximum absolute atomic E-state index is 9.98. The number of piperidine rings is 1. The standard InChI is InChI=1S/C15H23NO2/c1-13-7-9-16(10-8-13)11-14(17)12-18-15-5-3-2-4-6-15/h2-6,13-14,17H,7-12H2,1H3/p+1/t14-/m0/s1. The first-order chi connectivity index (χ1) is 8.74. The topological polar surface area (TPSA) is 33.9 Å². The van der Waals surface area contributed by atoms with Crippen molar-refractivity contribution in [3.05, 3.63) is 30.3 Å². The van der Waals surface area contributed by atoms with Crippen molar-refractivity contribution in [2.24, 2.45) is 5.92 Å². The molecule has 0 unspecified atom stereocenters. The molecular weight excluding hydrogens is 226 g/mol. The zero-order chi connectivity index (χ0) is 12.8. The van der Waals surface area contributed by atoms with Gasteiger partial charge in [-0.15, -0.1) is 0 Å². The molecule has 1 heterocycles. The molecule has 0 amide bonds. The van der Waals surface area contributed by atoms with Crippen molar-refractivity contribution in [3.8, 4) is 5.75 Å². The molecule has 0 radical (unpaired) electrons. The number of quaternary nitrogens is 1. The molecule has 2 rings (SSSR count). The molecule has 1 aliphatic rings. The molecule has 18 heavy (non-hydrogen) atoms. The van der Waals surface area contributed by atoms with E-state index in [9.17, 15) is 5.11 Å². The van der Waals surface area contributed by atoms with Gasteiger partial charge in [0.05, 0.1) is 13.1 Å². The van der Waals surface area contributed by atoms with Gasteiger partial charge in [-0.2, -0.15) is 0 Å². The van der Waals surface area contributed by atoms with E-state index in [4.69, 9.17) is 4.74 Å². The van der Waals surface area contributed by atoms with Gasteiger partial charge in [0, 0.05) is 0 Å². The largest absolute Gasteiger partial charge is 0.491 e. The molecule has 1 aromatic carbocycles. The highest BCUT2D eigenvalue weighted by Crippen LogP contribution is 2.09. The number of hydrogen-bond donors (Lipinski definition) is 2. The number of para-hydroxylation sites is 1. The lowest BCUT2D eigenvalue weighted by atomic mass is 9.99. The van der Waals surface area contributed by atoms with Crippen molar-refractivity contribution in [2.75, 3.05) is 26.2 Å². The smallest absolute Gasteiger partial charge is 0.137 e. The van der Waals surface area contributed by atoms with Crippen LogP contribution in [0.25, 0.3) is 0 Å². The van der Waals surface area contributed by atoms with E-state index in [1.807, 2.05) is 30.3 Å². The number of hydrogen-bond acceptors (Lipinski definition) is 2. The third-order valence-electron chi connectivity index (χ3n) is 3.69. The summed E-state index contributed by atoms with van der Waals surface area (Å²) in [6.07, 6.45) is 2.19. The molecule has 1 fully saturated rings.